The Morgan fingerprint density at radius 2 is 2.45 bits per heavy atom. The third-order valence-corrected chi connectivity index (χ3v) is 1.62. The fraction of sp³-hybridized carbons (Fsp3) is 0.286. The molecule has 0 aliphatic heterocycles. The third kappa shape index (κ3) is 1.77. The van der Waals surface area contributed by atoms with Gasteiger partial charge in [0, 0.05) is 6.07 Å². The van der Waals surface area contributed by atoms with Gasteiger partial charge in [0.2, 0.25) is 0 Å². The number of nitrogens with zero attached hydrogens (tertiary/aromatic N) is 1. The van der Waals surface area contributed by atoms with E-state index >= 15 is 0 Å². The first-order chi connectivity index (χ1) is 5.25. The molecular formula is C7H9NO2S. The van der Waals surface area contributed by atoms with Gasteiger partial charge in [0.05, 0.1) is 6.61 Å². The Labute approximate surface area is 70.6 Å². The number of aromatic nitrogens is 1. The summed E-state index contributed by atoms with van der Waals surface area (Å²) in [6.45, 7) is 2.40. The first kappa shape index (κ1) is 8.20. The number of thiol groups is 1. The van der Waals surface area contributed by atoms with Crippen LogP contribution in [0.3, 0.4) is 0 Å². The lowest BCUT2D eigenvalue weighted by molar-refractivity contribution is -0.645. The molecule has 0 bridgehead atoms. The van der Waals surface area contributed by atoms with Gasteiger partial charge in [-0.05, 0) is 13.0 Å². The van der Waals surface area contributed by atoms with Gasteiger partial charge in [-0.3, -0.25) is 0 Å². The molecule has 0 N–H and O–H groups in total. The Balaban J connectivity index is 2.96. The first-order valence-corrected chi connectivity index (χ1v) is 3.74. The molecule has 3 nitrogen and oxygen atoms in total. The van der Waals surface area contributed by atoms with Crippen molar-refractivity contribution in [1.82, 2.24) is 0 Å². The van der Waals surface area contributed by atoms with E-state index < -0.39 is 0 Å². The van der Waals surface area contributed by atoms with Gasteiger partial charge in [0.1, 0.15) is 0 Å². The maximum absolute atomic E-state index is 10.9. The van der Waals surface area contributed by atoms with Crippen molar-refractivity contribution < 1.29 is 9.47 Å². The summed E-state index contributed by atoms with van der Waals surface area (Å²) >= 11 is 3.97. The van der Waals surface area contributed by atoms with Gasteiger partial charge < -0.3 is 9.94 Å². The largest absolute Gasteiger partial charge is 0.618 e. The molecule has 1 heterocycles. The lowest BCUT2D eigenvalue weighted by atomic mass is 10.4. The molecule has 0 saturated heterocycles. The average molecular weight is 171 g/mol. The highest BCUT2D eigenvalue weighted by molar-refractivity contribution is 7.80. The molecule has 0 unspecified atom stereocenters. The van der Waals surface area contributed by atoms with Crippen molar-refractivity contribution in [2.75, 3.05) is 6.61 Å². The molecule has 60 valence electrons. The normalized spacial score (nSPS) is 9.64. The van der Waals surface area contributed by atoms with Crippen LogP contribution in [0.4, 0.5) is 0 Å². The summed E-state index contributed by atoms with van der Waals surface area (Å²) in [5, 5.41) is 11.2. The molecule has 0 radical (unpaired) electrons. The maximum atomic E-state index is 10.9. The van der Waals surface area contributed by atoms with Gasteiger partial charge in [-0.1, -0.05) is 12.6 Å². The van der Waals surface area contributed by atoms with Crippen LogP contribution in [0.25, 0.3) is 0 Å². The highest BCUT2D eigenvalue weighted by atomic mass is 32.1. The molecule has 0 spiro atoms. The van der Waals surface area contributed by atoms with Crippen LogP contribution in [-0.2, 0) is 0 Å². The van der Waals surface area contributed by atoms with Crippen LogP contribution >= 0.6 is 12.6 Å². The fourth-order valence-electron chi connectivity index (χ4n) is 0.731. The van der Waals surface area contributed by atoms with E-state index in [9.17, 15) is 5.21 Å². The van der Waals surface area contributed by atoms with E-state index in [1.54, 1.807) is 12.1 Å². The van der Waals surface area contributed by atoms with Crippen LogP contribution in [-0.4, -0.2) is 6.61 Å². The van der Waals surface area contributed by atoms with Crippen LogP contribution in [0.2, 0.25) is 0 Å². The molecule has 0 aliphatic carbocycles. The molecule has 0 saturated carbocycles. The molecule has 11 heavy (non-hydrogen) atoms. The Kier molecular flexibility index (Phi) is 2.59. The number of ether oxygens (including phenoxy) is 1. The maximum Gasteiger partial charge on any atom is 0.290 e. The van der Waals surface area contributed by atoms with Crippen molar-refractivity contribution >= 4 is 12.6 Å². The molecule has 0 amide bonds. The van der Waals surface area contributed by atoms with E-state index in [1.807, 2.05) is 6.92 Å². The summed E-state index contributed by atoms with van der Waals surface area (Å²) in [5.41, 5.74) is 0. The predicted octanol–water partition coefficient (Wildman–Crippen LogP) is 1.01. The monoisotopic (exact) mass is 171 g/mol. The molecular weight excluding hydrogens is 162 g/mol. The van der Waals surface area contributed by atoms with E-state index in [0.29, 0.717) is 22.1 Å². The average Bonchev–Trinajstić information content (AvgIpc) is 1.99. The minimum Gasteiger partial charge on any atom is -0.618 e. The van der Waals surface area contributed by atoms with Gasteiger partial charge in [-0.25, -0.2) is 0 Å². The zero-order valence-electron chi connectivity index (χ0n) is 6.15. The van der Waals surface area contributed by atoms with Crippen LogP contribution in [0.1, 0.15) is 6.92 Å². The van der Waals surface area contributed by atoms with E-state index in [0.717, 1.165) is 0 Å². The van der Waals surface area contributed by atoms with E-state index in [-0.39, 0.29) is 0 Å². The topological polar surface area (TPSA) is 36.2 Å². The Morgan fingerprint density at radius 3 is 3.09 bits per heavy atom. The summed E-state index contributed by atoms with van der Waals surface area (Å²) < 4.78 is 5.78. The minimum absolute atomic E-state index is 0.300. The standard InChI is InChI=1S/C7H9NO2S/c1-2-10-6-4-3-5-8(9)7(6)11/h3-5,11H,2H2,1H3. The Hall–Kier alpha value is -0.900. The second-order valence-electron chi connectivity index (χ2n) is 1.95. The molecule has 1 aromatic heterocycles. The molecule has 4 heteroatoms. The van der Waals surface area contributed by atoms with Gasteiger partial charge in [0.15, 0.2) is 11.9 Å². The smallest absolute Gasteiger partial charge is 0.290 e. The molecule has 1 aromatic rings. The van der Waals surface area contributed by atoms with E-state index in [2.05, 4.69) is 12.6 Å². The van der Waals surface area contributed by atoms with Crippen LogP contribution < -0.4 is 9.47 Å². The number of hydrogen-bond donors (Lipinski definition) is 1. The summed E-state index contributed by atoms with van der Waals surface area (Å²) in [6, 6.07) is 3.33. The third-order valence-electron chi connectivity index (χ3n) is 1.20. The van der Waals surface area contributed by atoms with Gasteiger partial charge in [-0.15, -0.1) is 0 Å². The van der Waals surface area contributed by atoms with E-state index in [4.69, 9.17) is 4.74 Å². The Bertz CT molecular complexity index is 252. The molecule has 0 fully saturated rings. The zero-order chi connectivity index (χ0) is 8.27. The molecule has 1 rings (SSSR count). The van der Waals surface area contributed by atoms with Crippen LogP contribution in [0.15, 0.2) is 23.4 Å². The summed E-state index contributed by atoms with van der Waals surface area (Å²) in [7, 11) is 0. The second kappa shape index (κ2) is 3.48. The summed E-state index contributed by atoms with van der Waals surface area (Å²) in [5.74, 6) is 0.522. The zero-order valence-corrected chi connectivity index (χ0v) is 7.04. The second-order valence-corrected chi connectivity index (χ2v) is 2.38. The molecule has 0 aromatic carbocycles. The van der Waals surface area contributed by atoms with Crippen LogP contribution in [0.5, 0.6) is 5.75 Å². The summed E-state index contributed by atoms with van der Waals surface area (Å²) in [6.07, 6.45) is 1.38. The quantitative estimate of drug-likeness (QED) is 0.409. The molecule has 0 aliphatic rings. The lowest BCUT2D eigenvalue weighted by Gasteiger charge is -2.04. The first-order valence-electron chi connectivity index (χ1n) is 3.29. The van der Waals surface area contributed by atoms with Gasteiger partial charge >= 0.3 is 0 Å². The number of rotatable bonds is 2. The SMILES string of the molecule is CCOc1ccc[n+]([O-])c1S. The van der Waals surface area contributed by atoms with Crippen molar-refractivity contribution in [3.05, 3.63) is 23.5 Å². The molecule has 0 atom stereocenters. The highest BCUT2D eigenvalue weighted by Gasteiger charge is 2.06. The van der Waals surface area contributed by atoms with Crippen molar-refractivity contribution in [2.24, 2.45) is 0 Å². The minimum atomic E-state index is 0.300. The van der Waals surface area contributed by atoms with E-state index in [1.165, 1.54) is 6.20 Å². The van der Waals surface area contributed by atoms with Crippen molar-refractivity contribution in [2.45, 2.75) is 11.9 Å². The predicted molar refractivity (Wildman–Crippen MR) is 43.8 cm³/mol. The Morgan fingerprint density at radius 1 is 1.73 bits per heavy atom. The van der Waals surface area contributed by atoms with Crippen molar-refractivity contribution in [1.29, 1.82) is 0 Å². The lowest BCUT2D eigenvalue weighted by Crippen LogP contribution is -2.27. The fourth-order valence-corrected chi connectivity index (χ4v) is 0.936. The number of pyridine rings is 1. The number of hydrogen-bond acceptors (Lipinski definition) is 3. The van der Waals surface area contributed by atoms with Crippen molar-refractivity contribution in [3.8, 4) is 5.75 Å². The summed E-state index contributed by atoms with van der Waals surface area (Å²) in [4.78, 5) is 0. The van der Waals surface area contributed by atoms with Gasteiger partial charge in [-0.2, -0.15) is 4.73 Å². The van der Waals surface area contributed by atoms with Gasteiger partial charge in [0.25, 0.3) is 5.03 Å². The van der Waals surface area contributed by atoms with Crippen LogP contribution in [0, 0.1) is 5.21 Å². The van der Waals surface area contributed by atoms with Crippen molar-refractivity contribution in [3.63, 3.8) is 0 Å². The highest BCUT2D eigenvalue weighted by Crippen LogP contribution is 2.16.